The van der Waals surface area contributed by atoms with Crippen molar-refractivity contribution >= 4 is 12.4 Å². The summed E-state index contributed by atoms with van der Waals surface area (Å²) in [4.78, 5) is 0. The molecule has 0 bridgehead atoms. The molecule has 1 aromatic rings. The van der Waals surface area contributed by atoms with E-state index in [-0.39, 0.29) is 19.2 Å². The van der Waals surface area contributed by atoms with Gasteiger partial charge in [-0.05, 0) is 17.7 Å². The van der Waals surface area contributed by atoms with Gasteiger partial charge in [0.25, 0.3) is 0 Å². The van der Waals surface area contributed by atoms with Gasteiger partial charge in [-0.25, -0.2) is 4.39 Å². The number of nitrogens with two attached hydrogens (primary N) is 1. The third-order valence-corrected chi connectivity index (χ3v) is 1.99. The van der Waals surface area contributed by atoms with Crippen LogP contribution < -0.4 is 15.2 Å². The molecule has 2 N–H and O–H groups in total. The molecule has 1 aromatic carbocycles. The lowest BCUT2D eigenvalue weighted by molar-refractivity contribution is 0.174. The molecule has 0 saturated carbocycles. The van der Waals surface area contributed by atoms with E-state index in [1.54, 1.807) is 18.2 Å². The minimum Gasteiger partial charge on any atom is -0.454 e. The normalized spacial score (nSPS) is 14.7. The largest absolute Gasteiger partial charge is 0.454 e. The van der Waals surface area contributed by atoms with E-state index in [4.69, 9.17) is 15.2 Å². The van der Waals surface area contributed by atoms with Crippen LogP contribution >= 0.6 is 12.4 Å². The van der Waals surface area contributed by atoms with Crippen LogP contribution in [0.1, 0.15) is 11.6 Å². The Morgan fingerprint density at radius 2 is 2.07 bits per heavy atom. The molecule has 1 heterocycles. The van der Waals surface area contributed by atoms with E-state index in [9.17, 15) is 4.39 Å². The lowest BCUT2D eigenvalue weighted by Crippen LogP contribution is -2.11. The summed E-state index contributed by atoms with van der Waals surface area (Å²) in [5.74, 6) is 1.33. The smallest absolute Gasteiger partial charge is 0.231 e. The van der Waals surface area contributed by atoms with Gasteiger partial charge in [-0.1, -0.05) is 6.07 Å². The van der Waals surface area contributed by atoms with Crippen LogP contribution in [0.4, 0.5) is 4.39 Å². The molecule has 0 aromatic heterocycles. The first kappa shape index (κ1) is 11.1. The van der Waals surface area contributed by atoms with Crippen LogP contribution in [0.5, 0.6) is 11.5 Å². The fourth-order valence-electron chi connectivity index (χ4n) is 1.23. The lowest BCUT2D eigenvalue weighted by atomic mass is 10.1. The SMILES string of the molecule is Cl.N[C@@H](CF)c1ccc2c(c1)OCO2. The number of rotatable bonds is 2. The topological polar surface area (TPSA) is 44.5 Å². The van der Waals surface area contributed by atoms with Crippen molar-refractivity contribution in [2.24, 2.45) is 5.73 Å². The van der Waals surface area contributed by atoms with Crippen molar-refractivity contribution in [2.45, 2.75) is 6.04 Å². The number of hydrogen-bond donors (Lipinski definition) is 1. The van der Waals surface area contributed by atoms with Gasteiger partial charge in [0.15, 0.2) is 11.5 Å². The average molecular weight is 220 g/mol. The van der Waals surface area contributed by atoms with Crippen LogP contribution in [-0.4, -0.2) is 13.5 Å². The summed E-state index contributed by atoms with van der Waals surface area (Å²) in [6.07, 6.45) is 0. The van der Waals surface area contributed by atoms with Crippen LogP contribution in [0.3, 0.4) is 0 Å². The quantitative estimate of drug-likeness (QED) is 0.825. The summed E-state index contributed by atoms with van der Waals surface area (Å²) in [5, 5.41) is 0. The Hall–Kier alpha value is -1.00. The van der Waals surface area contributed by atoms with Gasteiger partial charge in [-0.3, -0.25) is 0 Å². The fraction of sp³-hybridized carbons (Fsp3) is 0.333. The molecule has 0 fully saturated rings. The summed E-state index contributed by atoms with van der Waals surface area (Å²) in [5.41, 5.74) is 6.25. The molecule has 0 aliphatic carbocycles. The Morgan fingerprint density at radius 1 is 1.36 bits per heavy atom. The Labute approximate surface area is 87.4 Å². The van der Waals surface area contributed by atoms with Crippen molar-refractivity contribution < 1.29 is 13.9 Å². The summed E-state index contributed by atoms with van der Waals surface area (Å²) in [7, 11) is 0. The van der Waals surface area contributed by atoms with Crippen molar-refractivity contribution in [3.05, 3.63) is 23.8 Å². The van der Waals surface area contributed by atoms with Gasteiger partial charge in [-0.15, -0.1) is 12.4 Å². The monoisotopic (exact) mass is 219 g/mol. The first-order valence-electron chi connectivity index (χ1n) is 4.02. The first-order valence-corrected chi connectivity index (χ1v) is 4.02. The van der Waals surface area contributed by atoms with Gasteiger partial charge in [0, 0.05) is 0 Å². The highest BCUT2D eigenvalue weighted by Crippen LogP contribution is 2.33. The Kier molecular flexibility index (Phi) is 3.55. The highest BCUT2D eigenvalue weighted by Gasteiger charge is 2.15. The maximum atomic E-state index is 12.2. The molecule has 14 heavy (non-hydrogen) atoms. The molecule has 0 saturated heterocycles. The highest BCUT2D eigenvalue weighted by atomic mass is 35.5. The number of fused-ring (bicyclic) bond motifs is 1. The lowest BCUT2D eigenvalue weighted by Gasteiger charge is -2.07. The predicted molar refractivity (Wildman–Crippen MR) is 52.7 cm³/mol. The fourth-order valence-corrected chi connectivity index (χ4v) is 1.23. The second-order valence-electron chi connectivity index (χ2n) is 2.87. The number of ether oxygens (including phenoxy) is 2. The molecule has 1 aliphatic heterocycles. The molecule has 1 aliphatic rings. The summed E-state index contributed by atoms with van der Waals surface area (Å²) >= 11 is 0. The summed E-state index contributed by atoms with van der Waals surface area (Å²) < 4.78 is 22.5. The van der Waals surface area contributed by atoms with Gasteiger partial charge in [0.05, 0.1) is 6.04 Å². The zero-order valence-corrected chi connectivity index (χ0v) is 8.22. The minimum atomic E-state index is -0.575. The van der Waals surface area contributed by atoms with Crippen LogP contribution in [-0.2, 0) is 0 Å². The van der Waals surface area contributed by atoms with Crippen molar-refractivity contribution in [1.29, 1.82) is 0 Å². The zero-order chi connectivity index (χ0) is 9.26. The number of halogens is 2. The predicted octanol–water partition coefficient (Wildman–Crippen LogP) is 1.81. The molecule has 0 radical (unpaired) electrons. The maximum absolute atomic E-state index is 12.2. The third-order valence-electron chi connectivity index (χ3n) is 1.99. The van der Waals surface area contributed by atoms with Crippen LogP contribution in [0.25, 0.3) is 0 Å². The van der Waals surface area contributed by atoms with E-state index in [1.807, 2.05) is 0 Å². The van der Waals surface area contributed by atoms with Gasteiger partial charge in [0.1, 0.15) is 6.67 Å². The van der Waals surface area contributed by atoms with E-state index in [0.29, 0.717) is 11.5 Å². The van der Waals surface area contributed by atoms with E-state index in [2.05, 4.69) is 0 Å². The van der Waals surface area contributed by atoms with Crippen molar-refractivity contribution in [3.63, 3.8) is 0 Å². The van der Waals surface area contributed by atoms with Gasteiger partial charge < -0.3 is 15.2 Å². The Bertz CT molecular complexity index is 322. The van der Waals surface area contributed by atoms with Crippen LogP contribution in [0.2, 0.25) is 0 Å². The van der Waals surface area contributed by atoms with Gasteiger partial charge in [-0.2, -0.15) is 0 Å². The first-order chi connectivity index (χ1) is 6.31. The third kappa shape index (κ3) is 1.91. The van der Waals surface area contributed by atoms with Crippen molar-refractivity contribution in [3.8, 4) is 11.5 Å². The summed E-state index contributed by atoms with van der Waals surface area (Å²) in [6, 6.07) is 4.63. The van der Waals surface area contributed by atoms with Crippen molar-refractivity contribution in [1.82, 2.24) is 0 Å². The van der Waals surface area contributed by atoms with Gasteiger partial charge in [0.2, 0.25) is 6.79 Å². The molecular weight excluding hydrogens is 209 g/mol. The molecule has 2 rings (SSSR count). The Morgan fingerprint density at radius 3 is 2.79 bits per heavy atom. The van der Waals surface area contributed by atoms with E-state index < -0.39 is 12.7 Å². The maximum Gasteiger partial charge on any atom is 0.231 e. The molecule has 0 amide bonds. The molecule has 5 heteroatoms. The van der Waals surface area contributed by atoms with E-state index in [0.717, 1.165) is 5.56 Å². The molecule has 0 spiro atoms. The van der Waals surface area contributed by atoms with Crippen molar-refractivity contribution in [2.75, 3.05) is 13.5 Å². The van der Waals surface area contributed by atoms with Gasteiger partial charge >= 0.3 is 0 Å². The zero-order valence-electron chi connectivity index (χ0n) is 7.40. The van der Waals surface area contributed by atoms with Crippen LogP contribution in [0, 0.1) is 0 Å². The number of benzene rings is 1. The molecule has 3 nitrogen and oxygen atoms in total. The second-order valence-corrected chi connectivity index (χ2v) is 2.87. The van der Waals surface area contributed by atoms with Crippen LogP contribution in [0.15, 0.2) is 18.2 Å². The molecule has 1 atom stereocenters. The van der Waals surface area contributed by atoms with E-state index >= 15 is 0 Å². The molecule has 78 valence electrons. The average Bonchev–Trinajstić information content (AvgIpc) is 2.63. The second kappa shape index (κ2) is 4.48. The Balaban J connectivity index is 0.000000980. The number of alkyl halides is 1. The highest BCUT2D eigenvalue weighted by molar-refractivity contribution is 5.85. The number of hydrogen-bond acceptors (Lipinski definition) is 3. The molecular formula is C9H11ClFNO2. The molecule has 0 unspecified atom stereocenters. The standard InChI is InChI=1S/C9H10FNO2.ClH/c10-4-7(11)6-1-2-8-9(3-6)13-5-12-8;/h1-3,7H,4-5,11H2;1H/t7-;/m0./s1. The minimum absolute atomic E-state index is 0. The summed E-state index contributed by atoms with van der Waals surface area (Å²) in [6.45, 7) is -0.344. The van der Waals surface area contributed by atoms with E-state index in [1.165, 1.54) is 0 Å².